The normalized spacial score (nSPS) is 17.4. The molecule has 0 amide bonds. The number of fused-ring (bicyclic) bond motifs is 1. The summed E-state index contributed by atoms with van der Waals surface area (Å²) < 4.78 is 10.8. The van der Waals surface area contributed by atoms with Gasteiger partial charge in [-0.1, -0.05) is 0 Å². The molecule has 2 aliphatic rings. The number of hydrogen-bond acceptors (Lipinski definition) is 8. The largest absolute Gasteiger partial charge is 0.467 e. The highest BCUT2D eigenvalue weighted by atomic mass is 16.5. The van der Waals surface area contributed by atoms with Gasteiger partial charge in [0.25, 0.3) is 0 Å². The molecule has 8 heteroatoms. The van der Waals surface area contributed by atoms with Crippen molar-refractivity contribution in [2.75, 3.05) is 48.6 Å². The molecule has 0 aliphatic carbocycles. The summed E-state index contributed by atoms with van der Waals surface area (Å²) in [6.45, 7) is 4.48. The number of rotatable bonds is 4. The predicted molar refractivity (Wildman–Crippen MR) is 86.3 cm³/mol. The Bertz CT molecular complexity index is 669. The Labute approximate surface area is 134 Å². The van der Waals surface area contributed by atoms with Crippen LogP contribution in [0.4, 0.5) is 17.6 Å². The number of nitrogens with one attached hydrogen (secondary N) is 2. The average Bonchev–Trinajstić information content (AvgIpc) is 3.24. The molecule has 0 bridgehead atoms. The Balaban J connectivity index is 1.62. The number of morpholine rings is 1. The minimum atomic E-state index is 0.561. The second-order valence-corrected chi connectivity index (χ2v) is 5.60. The fraction of sp³-hybridized carbons (Fsp3) is 0.467. The second-order valence-electron chi connectivity index (χ2n) is 5.60. The summed E-state index contributed by atoms with van der Waals surface area (Å²) in [6, 6.07) is 3.80. The number of anilines is 3. The van der Waals surface area contributed by atoms with E-state index in [1.807, 2.05) is 24.2 Å². The summed E-state index contributed by atoms with van der Waals surface area (Å²) in [4.78, 5) is 11.6. The Kier molecular flexibility index (Phi) is 3.76. The quantitative estimate of drug-likeness (QED) is 0.864. The van der Waals surface area contributed by atoms with Gasteiger partial charge in [-0.25, -0.2) is 5.43 Å². The summed E-state index contributed by atoms with van der Waals surface area (Å²) >= 11 is 0. The maximum absolute atomic E-state index is 5.45. The van der Waals surface area contributed by atoms with E-state index in [0.717, 1.165) is 55.8 Å². The van der Waals surface area contributed by atoms with Gasteiger partial charge in [-0.2, -0.15) is 9.97 Å². The van der Waals surface area contributed by atoms with Gasteiger partial charge in [0, 0.05) is 26.7 Å². The molecule has 0 atom stereocenters. The molecule has 8 nitrogen and oxygen atoms in total. The van der Waals surface area contributed by atoms with Crippen LogP contribution in [0, 0.1) is 0 Å². The van der Waals surface area contributed by atoms with Crippen LogP contribution in [0.15, 0.2) is 22.8 Å². The number of hydrogen-bond donors (Lipinski definition) is 2. The molecule has 0 spiro atoms. The fourth-order valence-electron chi connectivity index (χ4n) is 2.86. The van der Waals surface area contributed by atoms with Gasteiger partial charge in [-0.05, 0) is 12.1 Å². The molecule has 122 valence electrons. The molecule has 0 radical (unpaired) electrons. The zero-order chi connectivity index (χ0) is 15.6. The minimum absolute atomic E-state index is 0.561. The van der Waals surface area contributed by atoms with Gasteiger partial charge in [0.1, 0.15) is 11.6 Å². The van der Waals surface area contributed by atoms with Crippen molar-refractivity contribution in [2.45, 2.75) is 13.1 Å². The van der Waals surface area contributed by atoms with Crippen molar-refractivity contribution in [1.29, 1.82) is 0 Å². The lowest BCUT2D eigenvalue weighted by Gasteiger charge is -2.29. The third kappa shape index (κ3) is 2.82. The topological polar surface area (TPSA) is 78.7 Å². The van der Waals surface area contributed by atoms with Crippen LogP contribution < -0.4 is 20.7 Å². The van der Waals surface area contributed by atoms with E-state index in [4.69, 9.17) is 14.1 Å². The Morgan fingerprint density at radius 1 is 1.26 bits per heavy atom. The van der Waals surface area contributed by atoms with Crippen molar-refractivity contribution in [3.63, 3.8) is 0 Å². The van der Waals surface area contributed by atoms with Crippen LogP contribution in [0.2, 0.25) is 0 Å². The third-order valence-electron chi connectivity index (χ3n) is 4.09. The van der Waals surface area contributed by atoms with Crippen molar-refractivity contribution >= 4 is 17.6 Å². The molecule has 2 aromatic heterocycles. The van der Waals surface area contributed by atoms with Crippen LogP contribution in [-0.2, 0) is 17.8 Å². The van der Waals surface area contributed by atoms with Crippen LogP contribution >= 0.6 is 0 Å². The Morgan fingerprint density at radius 3 is 2.87 bits per heavy atom. The van der Waals surface area contributed by atoms with Crippen molar-refractivity contribution < 1.29 is 9.15 Å². The van der Waals surface area contributed by atoms with E-state index in [9.17, 15) is 0 Å². The summed E-state index contributed by atoms with van der Waals surface area (Å²) in [5, 5.41) is 5.19. The van der Waals surface area contributed by atoms with Crippen LogP contribution in [0.3, 0.4) is 0 Å². The number of furan rings is 1. The zero-order valence-electron chi connectivity index (χ0n) is 13.1. The van der Waals surface area contributed by atoms with Crippen molar-refractivity contribution in [3.05, 3.63) is 29.7 Å². The molecule has 0 aromatic carbocycles. The molecule has 4 rings (SSSR count). The van der Waals surface area contributed by atoms with Gasteiger partial charge < -0.3 is 19.4 Å². The van der Waals surface area contributed by atoms with Crippen LogP contribution in [0.25, 0.3) is 0 Å². The smallest absolute Gasteiger partial charge is 0.227 e. The van der Waals surface area contributed by atoms with Gasteiger partial charge in [-0.3, -0.25) is 5.01 Å². The summed E-state index contributed by atoms with van der Waals surface area (Å²) in [5.74, 6) is 3.37. The van der Waals surface area contributed by atoms with Gasteiger partial charge in [0.2, 0.25) is 5.95 Å². The second kappa shape index (κ2) is 6.05. The highest BCUT2D eigenvalue weighted by molar-refractivity contribution is 5.65. The van der Waals surface area contributed by atoms with Crippen LogP contribution in [-0.4, -0.2) is 43.3 Å². The predicted octanol–water partition coefficient (Wildman–Crippen LogP) is 0.973. The fourth-order valence-corrected chi connectivity index (χ4v) is 2.86. The van der Waals surface area contributed by atoms with E-state index in [-0.39, 0.29) is 0 Å². The molecular formula is C15H20N6O2. The van der Waals surface area contributed by atoms with Gasteiger partial charge in [0.15, 0.2) is 5.82 Å². The maximum Gasteiger partial charge on any atom is 0.227 e. The van der Waals surface area contributed by atoms with Crippen LogP contribution in [0.1, 0.15) is 11.3 Å². The lowest BCUT2D eigenvalue weighted by molar-refractivity contribution is 0.122. The summed E-state index contributed by atoms with van der Waals surface area (Å²) in [6.07, 6.45) is 1.66. The van der Waals surface area contributed by atoms with E-state index >= 15 is 0 Å². The molecular weight excluding hydrogens is 296 g/mol. The number of nitrogens with zero attached hydrogens (tertiary/aromatic N) is 4. The Hall–Kier alpha value is -2.32. The first-order valence-corrected chi connectivity index (χ1v) is 7.78. The summed E-state index contributed by atoms with van der Waals surface area (Å²) in [7, 11) is 1.97. The highest BCUT2D eigenvalue weighted by Crippen LogP contribution is 2.31. The van der Waals surface area contributed by atoms with E-state index in [0.29, 0.717) is 12.5 Å². The number of aromatic nitrogens is 2. The lowest BCUT2D eigenvalue weighted by Crippen LogP contribution is -2.37. The number of hydrazine groups is 1. The highest BCUT2D eigenvalue weighted by Gasteiger charge is 2.26. The van der Waals surface area contributed by atoms with Gasteiger partial charge >= 0.3 is 0 Å². The summed E-state index contributed by atoms with van der Waals surface area (Å²) in [5.41, 5.74) is 4.42. The monoisotopic (exact) mass is 316 g/mol. The molecule has 2 aliphatic heterocycles. The first-order valence-electron chi connectivity index (χ1n) is 7.78. The first kappa shape index (κ1) is 14.3. The Morgan fingerprint density at radius 2 is 2.09 bits per heavy atom. The third-order valence-corrected chi connectivity index (χ3v) is 4.09. The standard InChI is InChI=1S/C15H20N6O2/c1-20-13-12(10-17-20)14(21-4-7-22-8-5-21)19-15(18-13)16-9-11-3-2-6-23-11/h2-3,6,17H,4-5,7-10H2,1H3,(H,16,18,19). The van der Waals surface area contributed by atoms with Gasteiger partial charge in [0.05, 0.1) is 31.6 Å². The lowest BCUT2D eigenvalue weighted by atomic mass is 10.2. The molecule has 2 aromatic rings. The van der Waals surface area contributed by atoms with Gasteiger partial charge in [-0.15, -0.1) is 0 Å². The molecule has 1 saturated heterocycles. The molecule has 23 heavy (non-hydrogen) atoms. The first-order chi connectivity index (χ1) is 11.3. The molecule has 0 unspecified atom stereocenters. The zero-order valence-corrected chi connectivity index (χ0v) is 13.1. The molecule has 0 saturated carbocycles. The maximum atomic E-state index is 5.45. The molecule has 1 fully saturated rings. The van der Waals surface area contributed by atoms with Crippen molar-refractivity contribution in [3.8, 4) is 0 Å². The molecule has 4 heterocycles. The SMILES string of the molecule is CN1NCc2c(N3CCOCC3)nc(NCc3ccco3)nc21. The minimum Gasteiger partial charge on any atom is -0.467 e. The van der Waals surface area contributed by atoms with E-state index in [1.165, 1.54) is 0 Å². The van der Waals surface area contributed by atoms with E-state index in [2.05, 4.69) is 20.6 Å². The van der Waals surface area contributed by atoms with Crippen molar-refractivity contribution in [1.82, 2.24) is 15.4 Å². The van der Waals surface area contributed by atoms with Crippen molar-refractivity contribution in [2.24, 2.45) is 0 Å². The average molecular weight is 316 g/mol. The van der Waals surface area contributed by atoms with Crippen LogP contribution in [0.5, 0.6) is 0 Å². The van der Waals surface area contributed by atoms with E-state index in [1.54, 1.807) is 6.26 Å². The van der Waals surface area contributed by atoms with E-state index < -0.39 is 0 Å². The number of ether oxygens (including phenoxy) is 1. The molecule has 2 N–H and O–H groups in total.